The molecule has 28 heavy (non-hydrogen) atoms. The molecule has 4 aromatic rings. The average Bonchev–Trinajstić information content (AvgIpc) is 3.30. The molecule has 7 nitrogen and oxygen atoms in total. The Bertz CT molecular complexity index is 1240. The van der Waals surface area contributed by atoms with Crippen LogP contribution in [0.4, 0.5) is 5.69 Å². The summed E-state index contributed by atoms with van der Waals surface area (Å²) in [6.45, 7) is 6.10. The van der Waals surface area contributed by atoms with Gasteiger partial charge in [0.05, 0.1) is 0 Å². The number of aromatic nitrogens is 4. The summed E-state index contributed by atoms with van der Waals surface area (Å²) >= 11 is 1.28. The lowest BCUT2D eigenvalue weighted by atomic mass is 10.0. The third-order valence-corrected chi connectivity index (χ3v) is 7.84. The Morgan fingerprint density at radius 2 is 1.96 bits per heavy atom. The molecule has 2 aromatic carbocycles. The van der Waals surface area contributed by atoms with Crippen molar-refractivity contribution in [2.24, 2.45) is 0 Å². The van der Waals surface area contributed by atoms with E-state index in [1.807, 2.05) is 13.0 Å². The second-order valence-corrected chi connectivity index (χ2v) is 9.79. The number of fused-ring (bicyclic) bond motifs is 1. The molecule has 9 heteroatoms. The van der Waals surface area contributed by atoms with E-state index in [1.54, 1.807) is 24.3 Å². The number of thiophene rings is 1. The van der Waals surface area contributed by atoms with Crippen molar-refractivity contribution in [3.05, 3.63) is 53.6 Å². The highest BCUT2D eigenvalue weighted by Crippen LogP contribution is 2.36. The predicted molar refractivity (Wildman–Crippen MR) is 111 cm³/mol. The molecule has 0 aliphatic carbocycles. The predicted octanol–water partition coefficient (Wildman–Crippen LogP) is 4.31. The van der Waals surface area contributed by atoms with Crippen molar-refractivity contribution in [3.8, 4) is 11.4 Å². The van der Waals surface area contributed by atoms with Crippen LogP contribution in [0.3, 0.4) is 0 Å². The minimum atomic E-state index is -3.72. The Hall–Kier alpha value is -2.78. The lowest BCUT2D eigenvalue weighted by Gasteiger charge is -2.08. The highest BCUT2D eigenvalue weighted by molar-refractivity contribution is 7.94. The molecule has 0 amide bonds. The Morgan fingerprint density at radius 3 is 2.68 bits per heavy atom. The molecular weight excluding hydrogens is 394 g/mol. The summed E-state index contributed by atoms with van der Waals surface area (Å²) in [4.78, 5) is 0. The van der Waals surface area contributed by atoms with Crippen LogP contribution in [0.5, 0.6) is 0 Å². The van der Waals surface area contributed by atoms with E-state index < -0.39 is 10.0 Å². The third-order valence-electron chi connectivity index (χ3n) is 4.56. The zero-order valence-corrected chi connectivity index (χ0v) is 17.2. The van der Waals surface area contributed by atoms with E-state index in [0.29, 0.717) is 27.2 Å². The topological polar surface area (TPSA) is 101 Å². The summed E-state index contributed by atoms with van der Waals surface area (Å²) in [5, 5.41) is 14.6. The van der Waals surface area contributed by atoms with Crippen molar-refractivity contribution in [3.63, 3.8) is 0 Å². The van der Waals surface area contributed by atoms with E-state index in [0.717, 1.165) is 15.6 Å². The van der Waals surface area contributed by atoms with Crippen LogP contribution in [0.1, 0.15) is 30.9 Å². The number of tetrazole rings is 1. The number of sulfonamides is 1. The highest BCUT2D eigenvalue weighted by Gasteiger charge is 2.22. The van der Waals surface area contributed by atoms with Crippen LogP contribution in [0.25, 0.3) is 21.5 Å². The van der Waals surface area contributed by atoms with Gasteiger partial charge in [0.25, 0.3) is 10.0 Å². The number of rotatable bonds is 5. The van der Waals surface area contributed by atoms with Gasteiger partial charge < -0.3 is 0 Å². The second kappa shape index (κ2) is 6.99. The van der Waals surface area contributed by atoms with E-state index in [9.17, 15) is 8.42 Å². The lowest BCUT2D eigenvalue weighted by molar-refractivity contribution is 0.603. The first-order valence-electron chi connectivity index (χ1n) is 8.75. The molecule has 0 atom stereocenters. The summed E-state index contributed by atoms with van der Waals surface area (Å²) in [5.74, 6) is 0.857. The molecule has 0 saturated heterocycles. The van der Waals surface area contributed by atoms with Crippen LogP contribution >= 0.6 is 11.3 Å². The first-order chi connectivity index (χ1) is 13.3. The number of H-pyrrole nitrogens is 1. The van der Waals surface area contributed by atoms with E-state index >= 15 is 0 Å². The number of aromatic amines is 1. The number of nitrogens with one attached hydrogen (secondary N) is 2. The summed E-state index contributed by atoms with van der Waals surface area (Å²) in [5.41, 5.74) is 3.11. The molecule has 0 unspecified atom stereocenters. The van der Waals surface area contributed by atoms with Crippen molar-refractivity contribution in [2.75, 3.05) is 4.72 Å². The lowest BCUT2D eigenvalue weighted by Crippen LogP contribution is -2.12. The average molecular weight is 414 g/mol. The zero-order valence-electron chi connectivity index (χ0n) is 15.6. The number of anilines is 1. The maximum Gasteiger partial charge on any atom is 0.271 e. The number of hydrogen-bond donors (Lipinski definition) is 2. The van der Waals surface area contributed by atoms with Crippen molar-refractivity contribution in [2.45, 2.75) is 30.9 Å². The van der Waals surface area contributed by atoms with Crippen molar-refractivity contribution < 1.29 is 8.42 Å². The first kappa shape index (κ1) is 18.6. The molecule has 0 bridgehead atoms. The Morgan fingerprint density at radius 1 is 1.14 bits per heavy atom. The molecule has 2 heterocycles. The minimum Gasteiger partial charge on any atom is -0.279 e. The molecular formula is C19H19N5O2S2. The van der Waals surface area contributed by atoms with E-state index in [2.05, 4.69) is 51.3 Å². The minimum absolute atomic E-state index is 0.329. The quantitative estimate of drug-likeness (QED) is 0.508. The molecule has 2 aromatic heterocycles. The van der Waals surface area contributed by atoms with Gasteiger partial charge in [-0.15, -0.1) is 16.4 Å². The molecule has 0 spiro atoms. The van der Waals surface area contributed by atoms with E-state index in [-0.39, 0.29) is 0 Å². The molecule has 0 aliphatic heterocycles. The molecule has 0 fully saturated rings. The third kappa shape index (κ3) is 3.38. The Labute approximate surface area is 166 Å². The molecule has 0 radical (unpaired) electrons. The zero-order chi connectivity index (χ0) is 19.9. The number of benzene rings is 2. The summed E-state index contributed by atoms with van der Waals surface area (Å²) < 4.78 is 30.1. The van der Waals surface area contributed by atoms with Crippen LogP contribution in [0.2, 0.25) is 0 Å². The summed E-state index contributed by atoms with van der Waals surface area (Å²) in [7, 11) is -3.72. The molecule has 0 saturated carbocycles. The Kier molecular flexibility index (Phi) is 4.64. The molecule has 4 rings (SSSR count). The van der Waals surface area contributed by atoms with Gasteiger partial charge in [0.2, 0.25) is 0 Å². The number of nitrogens with zero attached hydrogens (tertiary/aromatic N) is 3. The van der Waals surface area contributed by atoms with Crippen molar-refractivity contribution in [1.82, 2.24) is 20.6 Å². The SMILES string of the molecule is Cc1c(S(=O)(=O)Nc2cccc(-c3nnn[nH]3)c2)sc2ccc(C(C)C)cc12. The summed E-state index contributed by atoms with van der Waals surface area (Å²) in [6, 6.07) is 13.1. The van der Waals surface area contributed by atoms with Gasteiger partial charge in [-0.05, 0) is 64.0 Å². The van der Waals surface area contributed by atoms with Crippen LogP contribution in [0.15, 0.2) is 46.7 Å². The van der Waals surface area contributed by atoms with E-state index in [1.165, 1.54) is 16.9 Å². The number of aryl methyl sites for hydroxylation is 1. The molecule has 144 valence electrons. The van der Waals surface area contributed by atoms with Crippen LogP contribution in [-0.2, 0) is 10.0 Å². The smallest absolute Gasteiger partial charge is 0.271 e. The molecule has 0 aliphatic rings. The van der Waals surface area contributed by atoms with Gasteiger partial charge in [-0.3, -0.25) is 4.72 Å². The van der Waals surface area contributed by atoms with Crippen LogP contribution in [0, 0.1) is 6.92 Å². The fourth-order valence-corrected chi connectivity index (χ4v) is 5.84. The van der Waals surface area contributed by atoms with Crippen LogP contribution < -0.4 is 4.72 Å². The van der Waals surface area contributed by atoms with Gasteiger partial charge in [0.15, 0.2) is 5.82 Å². The first-order valence-corrected chi connectivity index (χ1v) is 11.0. The standard InChI is InChI=1S/C19H19N5O2S2/c1-11(2)13-7-8-17-16(10-13)12(3)19(27-17)28(25,26)22-15-6-4-5-14(9-15)18-20-23-24-21-18/h4-11,22H,1-3H3,(H,20,21,23,24). The maximum atomic E-state index is 13.1. The number of hydrogen-bond acceptors (Lipinski definition) is 6. The fourth-order valence-electron chi connectivity index (χ4n) is 3.04. The van der Waals surface area contributed by atoms with E-state index in [4.69, 9.17) is 0 Å². The van der Waals surface area contributed by atoms with Gasteiger partial charge in [0.1, 0.15) is 4.21 Å². The fraction of sp³-hybridized carbons (Fsp3) is 0.211. The Balaban J connectivity index is 1.71. The van der Waals surface area contributed by atoms with Gasteiger partial charge in [-0.25, -0.2) is 13.5 Å². The summed E-state index contributed by atoms with van der Waals surface area (Å²) in [6.07, 6.45) is 0. The molecule has 2 N–H and O–H groups in total. The second-order valence-electron chi connectivity index (χ2n) is 6.86. The van der Waals surface area contributed by atoms with Gasteiger partial charge in [-0.1, -0.05) is 32.0 Å². The highest BCUT2D eigenvalue weighted by atomic mass is 32.2. The largest absolute Gasteiger partial charge is 0.279 e. The normalized spacial score (nSPS) is 12.0. The van der Waals surface area contributed by atoms with Gasteiger partial charge in [0, 0.05) is 16.0 Å². The van der Waals surface area contributed by atoms with Crippen molar-refractivity contribution in [1.29, 1.82) is 0 Å². The maximum absolute atomic E-state index is 13.1. The van der Waals surface area contributed by atoms with Crippen molar-refractivity contribution >= 4 is 37.1 Å². The monoisotopic (exact) mass is 413 g/mol. The van der Waals surface area contributed by atoms with Crippen LogP contribution in [-0.4, -0.2) is 29.0 Å². The van der Waals surface area contributed by atoms with Gasteiger partial charge >= 0.3 is 0 Å². The van der Waals surface area contributed by atoms with Gasteiger partial charge in [-0.2, -0.15) is 0 Å².